The van der Waals surface area contributed by atoms with Gasteiger partial charge < -0.3 is 0 Å². The van der Waals surface area contributed by atoms with E-state index in [9.17, 15) is 5.21 Å². The molecule has 0 aliphatic heterocycles. The molecule has 0 aromatic heterocycles. The van der Waals surface area contributed by atoms with Crippen molar-refractivity contribution < 1.29 is 5.21 Å². The summed E-state index contributed by atoms with van der Waals surface area (Å²) in [5.41, 5.74) is 0.692. The highest BCUT2D eigenvalue weighted by Gasteiger charge is 1.91. The number of hydroxylamine groups is 1. The summed E-state index contributed by atoms with van der Waals surface area (Å²) < 4.78 is 0. The molecule has 1 aromatic carbocycles. The van der Waals surface area contributed by atoms with Crippen LogP contribution in [0.15, 0.2) is 30.3 Å². The Kier molecular flexibility index (Phi) is 1.70. The van der Waals surface area contributed by atoms with E-state index < -0.39 is 0 Å². The minimum absolute atomic E-state index is 0.692. The Labute approximate surface area is 54.3 Å². The second-order valence-corrected chi connectivity index (χ2v) is 1.83. The highest BCUT2D eigenvalue weighted by atomic mass is 16.5. The lowest BCUT2D eigenvalue weighted by Gasteiger charge is -2.04. The summed E-state index contributed by atoms with van der Waals surface area (Å²) >= 11 is 0. The zero-order valence-corrected chi connectivity index (χ0v) is 5.24. The van der Waals surface area contributed by atoms with Crippen molar-refractivity contribution in [2.75, 3.05) is 12.1 Å². The first-order chi connectivity index (χ1) is 4.30. The molecule has 2 nitrogen and oxygen atoms in total. The lowest BCUT2D eigenvalue weighted by Crippen LogP contribution is -2.06. The third-order valence-electron chi connectivity index (χ3n) is 1.12. The van der Waals surface area contributed by atoms with E-state index in [1.807, 2.05) is 18.2 Å². The van der Waals surface area contributed by atoms with Gasteiger partial charge in [-0.25, -0.2) is 5.06 Å². The molecule has 1 aromatic rings. The van der Waals surface area contributed by atoms with Gasteiger partial charge in [0.15, 0.2) is 0 Å². The Morgan fingerprint density at radius 3 is 2.11 bits per heavy atom. The van der Waals surface area contributed by atoms with Crippen LogP contribution in [0.3, 0.4) is 0 Å². The molecule has 0 unspecified atom stereocenters. The first-order valence-electron chi connectivity index (χ1n) is 2.76. The molecule has 47 valence electrons. The van der Waals surface area contributed by atoms with Gasteiger partial charge in [-0.2, -0.15) is 0 Å². The standard InChI is InChI=1S/C7H8NO/c1-8(9)7-5-3-2-4-6-7/h2-6H,1H3. The van der Waals surface area contributed by atoms with Crippen LogP contribution < -0.4 is 5.06 Å². The van der Waals surface area contributed by atoms with E-state index in [4.69, 9.17) is 0 Å². The number of rotatable bonds is 1. The lowest BCUT2D eigenvalue weighted by molar-refractivity contribution is 0.178. The number of hydrogen-bond donors (Lipinski definition) is 0. The third kappa shape index (κ3) is 1.44. The van der Waals surface area contributed by atoms with Crippen LogP contribution in [0, 0.1) is 0 Å². The van der Waals surface area contributed by atoms with Crippen molar-refractivity contribution in [3.63, 3.8) is 0 Å². The molecule has 0 N–H and O–H groups in total. The summed E-state index contributed by atoms with van der Waals surface area (Å²) in [4.78, 5) is 0. The SMILES string of the molecule is CN([O])c1ccccc1. The van der Waals surface area contributed by atoms with Gasteiger partial charge in [-0.1, -0.05) is 23.4 Å². The number of para-hydroxylation sites is 1. The molecule has 0 saturated carbocycles. The fraction of sp³-hybridized carbons (Fsp3) is 0.143. The predicted octanol–water partition coefficient (Wildman–Crippen LogP) is 1.47. The fourth-order valence-electron chi connectivity index (χ4n) is 0.638. The molecule has 0 atom stereocenters. The maximum Gasteiger partial charge on any atom is 0.0664 e. The van der Waals surface area contributed by atoms with Crippen molar-refractivity contribution in [2.24, 2.45) is 0 Å². The van der Waals surface area contributed by atoms with Crippen molar-refractivity contribution in [3.05, 3.63) is 30.3 Å². The van der Waals surface area contributed by atoms with Gasteiger partial charge in [-0.15, -0.1) is 0 Å². The van der Waals surface area contributed by atoms with Crippen molar-refractivity contribution in [1.29, 1.82) is 0 Å². The molecule has 0 heterocycles. The molecular weight excluding hydrogens is 114 g/mol. The summed E-state index contributed by atoms with van der Waals surface area (Å²) in [6.07, 6.45) is 0. The summed E-state index contributed by atoms with van der Waals surface area (Å²) in [6, 6.07) is 9.10. The smallest absolute Gasteiger partial charge is 0.0664 e. The Morgan fingerprint density at radius 2 is 1.78 bits per heavy atom. The molecule has 1 radical (unpaired) electrons. The van der Waals surface area contributed by atoms with E-state index >= 15 is 0 Å². The third-order valence-corrected chi connectivity index (χ3v) is 1.12. The highest BCUT2D eigenvalue weighted by Crippen LogP contribution is 2.07. The first-order valence-corrected chi connectivity index (χ1v) is 2.76. The van der Waals surface area contributed by atoms with Gasteiger partial charge in [0, 0.05) is 7.05 Å². The van der Waals surface area contributed by atoms with Crippen LogP contribution >= 0.6 is 0 Å². The van der Waals surface area contributed by atoms with E-state index in [0.29, 0.717) is 5.69 Å². The van der Waals surface area contributed by atoms with Crippen molar-refractivity contribution in [3.8, 4) is 0 Å². The van der Waals surface area contributed by atoms with E-state index in [0.717, 1.165) is 5.06 Å². The van der Waals surface area contributed by atoms with Gasteiger partial charge in [0.25, 0.3) is 0 Å². The first kappa shape index (κ1) is 6.11. The minimum Gasteiger partial charge on any atom is -0.223 e. The quantitative estimate of drug-likeness (QED) is 0.517. The van der Waals surface area contributed by atoms with Gasteiger partial charge in [0.2, 0.25) is 0 Å². The largest absolute Gasteiger partial charge is 0.223 e. The van der Waals surface area contributed by atoms with Crippen LogP contribution in [-0.4, -0.2) is 7.05 Å². The molecule has 2 heteroatoms. The number of benzene rings is 1. The van der Waals surface area contributed by atoms with Crippen LogP contribution in [-0.2, 0) is 5.21 Å². The van der Waals surface area contributed by atoms with Gasteiger partial charge in [-0.3, -0.25) is 0 Å². The molecule has 0 bridgehead atoms. The van der Waals surface area contributed by atoms with Gasteiger partial charge >= 0.3 is 0 Å². The molecule has 1 rings (SSSR count). The average molecular weight is 122 g/mol. The Morgan fingerprint density at radius 1 is 1.22 bits per heavy atom. The van der Waals surface area contributed by atoms with E-state index in [-0.39, 0.29) is 0 Å². The van der Waals surface area contributed by atoms with Gasteiger partial charge in [-0.05, 0) is 12.1 Å². The minimum atomic E-state index is 0.692. The zero-order valence-electron chi connectivity index (χ0n) is 5.24. The molecule has 0 fully saturated rings. The van der Waals surface area contributed by atoms with Crippen molar-refractivity contribution in [1.82, 2.24) is 0 Å². The maximum absolute atomic E-state index is 10.6. The summed E-state index contributed by atoms with van der Waals surface area (Å²) in [7, 11) is 1.48. The van der Waals surface area contributed by atoms with Crippen LogP contribution in [0.5, 0.6) is 0 Å². The van der Waals surface area contributed by atoms with Crippen LogP contribution in [0.1, 0.15) is 0 Å². The monoisotopic (exact) mass is 122 g/mol. The predicted molar refractivity (Wildman–Crippen MR) is 35.5 cm³/mol. The van der Waals surface area contributed by atoms with Crippen molar-refractivity contribution >= 4 is 5.69 Å². The van der Waals surface area contributed by atoms with Crippen LogP contribution in [0.2, 0.25) is 0 Å². The summed E-state index contributed by atoms with van der Waals surface area (Å²) in [5.74, 6) is 0. The van der Waals surface area contributed by atoms with Crippen molar-refractivity contribution in [2.45, 2.75) is 0 Å². The molecule has 0 amide bonds. The average Bonchev–Trinajstić information content (AvgIpc) is 1.90. The summed E-state index contributed by atoms with van der Waals surface area (Å²) in [5, 5.41) is 11.4. The summed E-state index contributed by atoms with van der Waals surface area (Å²) in [6.45, 7) is 0. The number of hydrogen-bond acceptors (Lipinski definition) is 1. The van der Waals surface area contributed by atoms with Gasteiger partial charge in [0.05, 0.1) is 5.69 Å². The number of nitrogens with zero attached hydrogens (tertiary/aromatic N) is 1. The molecule has 0 spiro atoms. The second-order valence-electron chi connectivity index (χ2n) is 1.83. The Balaban J connectivity index is 2.85. The molecule has 0 aliphatic carbocycles. The van der Waals surface area contributed by atoms with Gasteiger partial charge in [0.1, 0.15) is 0 Å². The zero-order chi connectivity index (χ0) is 6.69. The number of anilines is 1. The maximum atomic E-state index is 10.6. The second kappa shape index (κ2) is 2.51. The Hall–Kier alpha value is -1.02. The highest BCUT2D eigenvalue weighted by molar-refractivity contribution is 5.41. The van der Waals surface area contributed by atoms with Crippen LogP contribution in [0.4, 0.5) is 5.69 Å². The topological polar surface area (TPSA) is 23.1 Å². The molecule has 0 saturated heterocycles. The van der Waals surface area contributed by atoms with E-state index in [1.165, 1.54) is 7.05 Å². The Bertz CT molecular complexity index is 172. The molecular formula is C7H8NO. The fourth-order valence-corrected chi connectivity index (χ4v) is 0.638. The molecule has 0 aliphatic rings. The molecule has 9 heavy (non-hydrogen) atoms. The van der Waals surface area contributed by atoms with Crippen LogP contribution in [0.25, 0.3) is 0 Å². The lowest BCUT2D eigenvalue weighted by atomic mass is 10.3. The van der Waals surface area contributed by atoms with E-state index in [1.54, 1.807) is 12.1 Å². The normalized spacial score (nSPS) is 9.11. The van der Waals surface area contributed by atoms with E-state index in [2.05, 4.69) is 0 Å².